The molecule has 5 heteroatoms. The van der Waals surface area contributed by atoms with Crippen molar-refractivity contribution in [3.8, 4) is 0 Å². The lowest BCUT2D eigenvalue weighted by molar-refractivity contribution is -0.126. The van der Waals surface area contributed by atoms with Crippen molar-refractivity contribution < 1.29 is 9.59 Å². The molecule has 22 heavy (non-hydrogen) atoms. The summed E-state index contributed by atoms with van der Waals surface area (Å²) in [5, 5.41) is 2.33. The van der Waals surface area contributed by atoms with Crippen LogP contribution in [0.2, 0.25) is 0 Å². The molecule has 1 aliphatic heterocycles. The Morgan fingerprint density at radius 2 is 1.73 bits per heavy atom. The van der Waals surface area contributed by atoms with Crippen LogP contribution in [0.3, 0.4) is 0 Å². The smallest absolute Gasteiger partial charge is 0.291 e. The van der Waals surface area contributed by atoms with Crippen molar-refractivity contribution in [3.63, 3.8) is 0 Å². The Labute approximate surface area is 133 Å². The van der Waals surface area contributed by atoms with Crippen LogP contribution in [0.25, 0.3) is 0 Å². The molecule has 1 atom stereocenters. The predicted molar refractivity (Wildman–Crippen MR) is 88.6 cm³/mol. The van der Waals surface area contributed by atoms with Crippen LogP contribution in [-0.2, 0) is 11.3 Å². The average Bonchev–Trinajstić information content (AvgIpc) is 2.78. The second-order valence-corrected chi connectivity index (χ2v) is 6.24. The summed E-state index contributed by atoms with van der Waals surface area (Å²) in [6.45, 7) is 2.32. The summed E-state index contributed by atoms with van der Waals surface area (Å²) >= 11 is 1.03. The van der Waals surface area contributed by atoms with Gasteiger partial charge in [0, 0.05) is 5.69 Å². The van der Waals surface area contributed by atoms with Gasteiger partial charge >= 0.3 is 0 Å². The molecule has 3 rings (SSSR count). The third-order valence-corrected chi connectivity index (χ3v) is 4.44. The first-order chi connectivity index (χ1) is 10.6. The van der Waals surface area contributed by atoms with E-state index in [-0.39, 0.29) is 11.1 Å². The molecule has 1 aliphatic rings. The maximum absolute atomic E-state index is 12.4. The van der Waals surface area contributed by atoms with Gasteiger partial charge in [-0.25, -0.2) is 0 Å². The number of thioether (sulfide) groups is 1. The normalized spacial score (nSPS) is 17.9. The monoisotopic (exact) mass is 312 g/mol. The van der Waals surface area contributed by atoms with Gasteiger partial charge in [0.05, 0.1) is 6.54 Å². The van der Waals surface area contributed by atoms with E-state index in [0.717, 1.165) is 28.6 Å². The summed E-state index contributed by atoms with van der Waals surface area (Å²) in [5.74, 6) is -0.195. The van der Waals surface area contributed by atoms with Crippen molar-refractivity contribution >= 4 is 28.6 Å². The maximum Gasteiger partial charge on any atom is 0.291 e. The highest BCUT2D eigenvalue weighted by Crippen LogP contribution is 2.29. The van der Waals surface area contributed by atoms with Crippen LogP contribution in [0.15, 0.2) is 54.6 Å². The number of carbonyl (C=O) groups is 2. The molecule has 1 fully saturated rings. The maximum atomic E-state index is 12.4. The zero-order chi connectivity index (χ0) is 15.5. The van der Waals surface area contributed by atoms with Gasteiger partial charge < -0.3 is 5.32 Å². The molecule has 1 saturated heterocycles. The number of imide groups is 1. The zero-order valence-corrected chi connectivity index (χ0v) is 13.0. The highest BCUT2D eigenvalue weighted by molar-refractivity contribution is 8.15. The number of para-hydroxylation sites is 1. The minimum absolute atomic E-state index is 0.195. The number of hydrogen-bond donors (Lipinski definition) is 1. The fourth-order valence-electron chi connectivity index (χ4n) is 2.24. The average molecular weight is 312 g/mol. The molecule has 2 amide bonds. The van der Waals surface area contributed by atoms with Gasteiger partial charge in [0.1, 0.15) is 0 Å². The Morgan fingerprint density at radius 3 is 2.41 bits per heavy atom. The van der Waals surface area contributed by atoms with E-state index in [1.54, 1.807) is 0 Å². The molecule has 4 nitrogen and oxygen atoms in total. The van der Waals surface area contributed by atoms with Crippen LogP contribution in [0.4, 0.5) is 10.5 Å². The van der Waals surface area contributed by atoms with E-state index in [9.17, 15) is 9.59 Å². The van der Waals surface area contributed by atoms with Gasteiger partial charge in [-0.2, -0.15) is 0 Å². The van der Waals surface area contributed by atoms with Crippen LogP contribution >= 0.6 is 11.8 Å². The first-order valence-corrected chi connectivity index (χ1v) is 7.90. The summed E-state index contributed by atoms with van der Waals surface area (Å²) in [5.41, 5.74) is 2.94. The number of nitrogens with zero attached hydrogens (tertiary/aromatic N) is 1. The van der Waals surface area contributed by atoms with E-state index in [2.05, 4.69) is 5.32 Å². The molecular weight excluding hydrogens is 296 g/mol. The molecular formula is C17H16N2O2S. The lowest BCUT2D eigenvalue weighted by atomic mass is 10.1. The van der Waals surface area contributed by atoms with Crippen molar-refractivity contribution in [3.05, 3.63) is 65.7 Å². The minimum Gasteiger partial charge on any atom is -0.365 e. The first kappa shape index (κ1) is 14.7. The number of anilines is 1. The van der Waals surface area contributed by atoms with Crippen molar-refractivity contribution in [2.24, 2.45) is 0 Å². The van der Waals surface area contributed by atoms with E-state index in [0.29, 0.717) is 6.54 Å². The molecule has 2 aromatic rings. The van der Waals surface area contributed by atoms with E-state index < -0.39 is 5.37 Å². The van der Waals surface area contributed by atoms with Gasteiger partial charge in [-0.05, 0) is 36.4 Å². The number of aryl methyl sites for hydroxylation is 1. The van der Waals surface area contributed by atoms with Crippen LogP contribution in [0, 0.1) is 6.92 Å². The molecule has 1 heterocycles. The molecule has 0 spiro atoms. The molecule has 112 valence electrons. The highest BCUT2D eigenvalue weighted by Gasteiger charge is 2.39. The molecule has 0 bridgehead atoms. The second kappa shape index (κ2) is 6.23. The Kier molecular flexibility index (Phi) is 4.15. The summed E-state index contributed by atoms with van der Waals surface area (Å²) in [7, 11) is 0. The number of nitrogens with one attached hydrogen (secondary N) is 1. The lowest BCUT2D eigenvalue weighted by Gasteiger charge is -2.15. The summed E-state index contributed by atoms with van der Waals surface area (Å²) in [6, 6.07) is 17.3. The van der Waals surface area contributed by atoms with Gasteiger partial charge in [-0.15, -0.1) is 0 Å². The van der Waals surface area contributed by atoms with Gasteiger partial charge in [-0.1, -0.05) is 48.0 Å². The van der Waals surface area contributed by atoms with Crippen molar-refractivity contribution in [2.45, 2.75) is 18.8 Å². The van der Waals surface area contributed by atoms with Crippen LogP contribution in [-0.4, -0.2) is 21.4 Å². The first-order valence-electron chi connectivity index (χ1n) is 7.02. The Morgan fingerprint density at radius 1 is 1.05 bits per heavy atom. The number of benzene rings is 2. The SMILES string of the molecule is Cc1ccc(CN2C(=O)SC(Nc3ccccc3)C2=O)cc1. The molecule has 1 unspecified atom stereocenters. The van der Waals surface area contributed by atoms with Crippen LogP contribution < -0.4 is 5.32 Å². The van der Waals surface area contributed by atoms with E-state index in [4.69, 9.17) is 0 Å². The largest absolute Gasteiger partial charge is 0.365 e. The second-order valence-electron chi connectivity index (χ2n) is 5.18. The Bertz CT molecular complexity index is 686. The number of rotatable bonds is 4. The molecule has 0 aliphatic carbocycles. The number of carbonyl (C=O) groups excluding carboxylic acids is 2. The number of hydrogen-bond acceptors (Lipinski definition) is 4. The van der Waals surface area contributed by atoms with E-state index in [1.807, 2.05) is 61.5 Å². The quantitative estimate of drug-likeness (QED) is 0.936. The predicted octanol–water partition coefficient (Wildman–Crippen LogP) is 3.63. The summed E-state index contributed by atoms with van der Waals surface area (Å²) in [4.78, 5) is 25.8. The third kappa shape index (κ3) is 3.14. The fourth-order valence-corrected chi connectivity index (χ4v) is 3.15. The Hall–Kier alpha value is -2.27. The number of amides is 2. The van der Waals surface area contributed by atoms with Gasteiger partial charge in [0.25, 0.3) is 11.1 Å². The standard InChI is InChI=1S/C17H16N2O2S/c1-12-7-9-13(10-8-12)11-19-16(20)15(22-17(19)21)18-14-5-3-2-4-6-14/h2-10,15,18H,11H2,1H3. The van der Waals surface area contributed by atoms with E-state index in [1.165, 1.54) is 4.90 Å². The molecule has 0 aromatic heterocycles. The molecule has 1 N–H and O–H groups in total. The molecule has 0 saturated carbocycles. The van der Waals surface area contributed by atoms with Gasteiger partial charge in [-0.3, -0.25) is 14.5 Å². The van der Waals surface area contributed by atoms with Gasteiger partial charge in [0.15, 0.2) is 5.37 Å². The minimum atomic E-state index is -0.555. The van der Waals surface area contributed by atoms with Crippen molar-refractivity contribution in [1.82, 2.24) is 4.90 Å². The van der Waals surface area contributed by atoms with Crippen LogP contribution in [0.5, 0.6) is 0 Å². The highest BCUT2D eigenvalue weighted by atomic mass is 32.2. The summed E-state index contributed by atoms with van der Waals surface area (Å²) < 4.78 is 0. The third-order valence-electron chi connectivity index (χ3n) is 3.46. The topological polar surface area (TPSA) is 49.4 Å². The van der Waals surface area contributed by atoms with Crippen molar-refractivity contribution in [1.29, 1.82) is 0 Å². The Balaban J connectivity index is 1.70. The summed E-state index contributed by atoms with van der Waals surface area (Å²) in [6.07, 6.45) is 0. The van der Waals surface area contributed by atoms with Crippen LogP contribution in [0.1, 0.15) is 11.1 Å². The zero-order valence-electron chi connectivity index (χ0n) is 12.2. The lowest BCUT2D eigenvalue weighted by Crippen LogP contribution is -2.33. The van der Waals surface area contributed by atoms with E-state index >= 15 is 0 Å². The molecule has 2 aromatic carbocycles. The molecule has 0 radical (unpaired) electrons. The van der Waals surface area contributed by atoms with Gasteiger partial charge in [0.2, 0.25) is 0 Å². The fraction of sp³-hybridized carbons (Fsp3) is 0.176. The van der Waals surface area contributed by atoms with Crippen molar-refractivity contribution in [2.75, 3.05) is 5.32 Å².